The molecule has 0 aliphatic heterocycles. The van der Waals surface area contributed by atoms with Crippen LogP contribution in [0.5, 0.6) is 0 Å². The van der Waals surface area contributed by atoms with Crippen molar-refractivity contribution in [2.24, 2.45) is 5.92 Å². The van der Waals surface area contributed by atoms with Crippen LogP contribution in [0.2, 0.25) is 0 Å². The largest absolute Gasteiger partial charge is 0.464 e. The molecule has 0 saturated heterocycles. The minimum absolute atomic E-state index is 0.0517. The first kappa shape index (κ1) is 25.9. The molecule has 1 rings (SSSR count). The number of hydrogen-bond donors (Lipinski definition) is 5. The molecule has 0 aliphatic carbocycles. The van der Waals surface area contributed by atoms with Crippen molar-refractivity contribution in [1.82, 2.24) is 16.0 Å². The van der Waals surface area contributed by atoms with Crippen LogP contribution in [0.3, 0.4) is 0 Å². The fourth-order valence-corrected chi connectivity index (χ4v) is 2.66. The normalized spacial score (nSPS) is 13.5. The second-order valence-electron chi connectivity index (χ2n) is 7.37. The van der Waals surface area contributed by atoms with Gasteiger partial charge in [-0.1, -0.05) is 32.0 Å². The van der Waals surface area contributed by atoms with Crippen LogP contribution in [0.1, 0.15) is 34.1 Å². The first-order valence-electron chi connectivity index (χ1n) is 10.2. The fraction of sp³-hybridized carbons (Fsp3) is 0.524. The standard InChI is InChI=1S/C21H32N4O6/c1-5-31-20(29)14(4)22-18(27)16(11-13(2)3)24-19(28)17(12-26)25-21(30)23-15-9-7-6-8-10-15/h6-10,13-14,16-17,26H,5,11-12H2,1-4H3,(H,22,27)(H,24,28)(H2,23,25,30)/t14-,16-,17-/m0/s1. The predicted molar refractivity (Wildman–Crippen MR) is 115 cm³/mol. The summed E-state index contributed by atoms with van der Waals surface area (Å²) in [7, 11) is 0. The molecule has 0 heterocycles. The molecule has 10 heteroatoms. The van der Waals surface area contributed by atoms with Crippen LogP contribution in [0, 0.1) is 5.92 Å². The number of amides is 4. The van der Waals surface area contributed by atoms with Crippen molar-refractivity contribution >= 4 is 29.5 Å². The summed E-state index contributed by atoms with van der Waals surface area (Å²) in [5.41, 5.74) is 0.516. The fourth-order valence-electron chi connectivity index (χ4n) is 2.66. The van der Waals surface area contributed by atoms with Gasteiger partial charge in [-0.25, -0.2) is 9.59 Å². The van der Waals surface area contributed by atoms with Crippen molar-refractivity contribution in [2.75, 3.05) is 18.5 Å². The number of para-hydroxylation sites is 1. The van der Waals surface area contributed by atoms with E-state index in [0.29, 0.717) is 12.1 Å². The molecular formula is C21H32N4O6. The smallest absolute Gasteiger partial charge is 0.328 e. The van der Waals surface area contributed by atoms with Gasteiger partial charge in [-0.05, 0) is 38.3 Å². The maximum Gasteiger partial charge on any atom is 0.328 e. The minimum atomic E-state index is -1.27. The number of anilines is 1. The van der Waals surface area contributed by atoms with Crippen molar-refractivity contribution in [2.45, 2.75) is 52.2 Å². The van der Waals surface area contributed by atoms with E-state index in [4.69, 9.17) is 4.74 Å². The predicted octanol–water partition coefficient (Wildman–Crippen LogP) is 0.768. The Morgan fingerprint density at radius 3 is 2.10 bits per heavy atom. The molecule has 0 aliphatic rings. The molecule has 0 bridgehead atoms. The molecule has 0 saturated carbocycles. The summed E-state index contributed by atoms with van der Waals surface area (Å²) >= 11 is 0. The van der Waals surface area contributed by atoms with E-state index < -0.39 is 48.5 Å². The zero-order valence-corrected chi connectivity index (χ0v) is 18.3. The molecule has 172 valence electrons. The molecule has 3 atom stereocenters. The molecule has 5 N–H and O–H groups in total. The van der Waals surface area contributed by atoms with Crippen molar-refractivity contribution in [3.63, 3.8) is 0 Å². The Morgan fingerprint density at radius 1 is 0.935 bits per heavy atom. The number of benzene rings is 1. The number of carbonyl (C=O) groups excluding carboxylic acids is 4. The number of aliphatic hydroxyl groups excluding tert-OH is 1. The van der Waals surface area contributed by atoms with Gasteiger partial charge in [0.05, 0.1) is 13.2 Å². The van der Waals surface area contributed by atoms with Crippen LogP contribution < -0.4 is 21.3 Å². The van der Waals surface area contributed by atoms with Crippen LogP contribution >= 0.6 is 0 Å². The van der Waals surface area contributed by atoms with E-state index in [-0.39, 0.29) is 12.5 Å². The lowest BCUT2D eigenvalue weighted by molar-refractivity contribution is -0.147. The van der Waals surface area contributed by atoms with E-state index in [1.54, 1.807) is 37.3 Å². The van der Waals surface area contributed by atoms with Gasteiger partial charge in [0, 0.05) is 5.69 Å². The van der Waals surface area contributed by atoms with E-state index in [2.05, 4.69) is 21.3 Å². The summed E-state index contributed by atoms with van der Waals surface area (Å²) in [4.78, 5) is 49.1. The number of nitrogens with one attached hydrogen (secondary N) is 4. The summed E-state index contributed by atoms with van der Waals surface area (Å²) in [6.07, 6.45) is 0.293. The van der Waals surface area contributed by atoms with E-state index in [1.165, 1.54) is 6.92 Å². The Hall–Kier alpha value is -3.14. The third kappa shape index (κ3) is 9.47. The van der Waals surface area contributed by atoms with E-state index >= 15 is 0 Å². The number of aliphatic hydroxyl groups is 1. The third-order valence-corrected chi connectivity index (χ3v) is 4.18. The van der Waals surface area contributed by atoms with Gasteiger partial charge in [-0.15, -0.1) is 0 Å². The molecular weight excluding hydrogens is 404 g/mol. The first-order valence-corrected chi connectivity index (χ1v) is 10.2. The number of ether oxygens (including phenoxy) is 1. The Morgan fingerprint density at radius 2 is 1.55 bits per heavy atom. The van der Waals surface area contributed by atoms with Gasteiger partial charge < -0.3 is 31.1 Å². The van der Waals surface area contributed by atoms with Crippen LogP contribution in [-0.4, -0.2) is 60.3 Å². The highest BCUT2D eigenvalue weighted by molar-refractivity contribution is 5.96. The number of carbonyl (C=O) groups is 4. The molecule has 0 aromatic heterocycles. The topological polar surface area (TPSA) is 146 Å². The average molecular weight is 437 g/mol. The molecule has 0 fully saturated rings. The second kappa shape index (κ2) is 13.2. The summed E-state index contributed by atoms with van der Waals surface area (Å²) < 4.78 is 4.87. The number of rotatable bonds is 11. The monoisotopic (exact) mass is 436 g/mol. The molecule has 0 spiro atoms. The van der Waals surface area contributed by atoms with Crippen LogP contribution in [-0.2, 0) is 19.1 Å². The third-order valence-electron chi connectivity index (χ3n) is 4.18. The lowest BCUT2D eigenvalue weighted by Crippen LogP contribution is -2.57. The van der Waals surface area contributed by atoms with Crippen molar-refractivity contribution in [3.8, 4) is 0 Å². The van der Waals surface area contributed by atoms with E-state index in [9.17, 15) is 24.3 Å². The van der Waals surface area contributed by atoms with E-state index in [0.717, 1.165) is 0 Å². The van der Waals surface area contributed by atoms with E-state index in [1.807, 2.05) is 13.8 Å². The molecule has 1 aromatic rings. The maximum absolute atomic E-state index is 12.6. The average Bonchev–Trinajstić information content (AvgIpc) is 2.71. The summed E-state index contributed by atoms with van der Waals surface area (Å²) in [6.45, 7) is 6.40. The van der Waals surface area contributed by atoms with Crippen molar-refractivity contribution < 1.29 is 29.0 Å². The van der Waals surface area contributed by atoms with Gasteiger partial charge in [0.15, 0.2) is 0 Å². The molecule has 1 aromatic carbocycles. The Kier molecular flexibility index (Phi) is 11.0. The van der Waals surface area contributed by atoms with Gasteiger partial charge in [-0.3, -0.25) is 9.59 Å². The molecule has 10 nitrogen and oxygen atoms in total. The lowest BCUT2D eigenvalue weighted by Gasteiger charge is -2.24. The Bertz CT molecular complexity index is 741. The van der Waals surface area contributed by atoms with Gasteiger partial charge in [0.1, 0.15) is 18.1 Å². The van der Waals surface area contributed by atoms with Crippen LogP contribution in [0.25, 0.3) is 0 Å². The number of urea groups is 1. The number of hydrogen-bond acceptors (Lipinski definition) is 6. The lowest BCUT2D eigenvalue weighted by atomic mass is 10.0. The van der Waals surface area contributed by atoms with Crippen LogP contribution in [0.4, 0.5) is 10.5 Å². The molecule has 0 radical (unpaired) electrons. The first-order chi connectivity index (χ1) is 14.7. The minimum Gasteiger partial charge on any atom is -0.464 e. The Balaban J connectivity index is 2.75. The Labute approximate surface area is 182 Å². The maximum atomic E-state index is 12.6. The van der Waals surface area contributed by atoms with Gasteiger partial charge in [-0.2, -0.15) is 0 Å². The zero-order chi connectivity index (χ0) is 23.4. The van der Waals surface area contributed by atoms with Gasteiger partial charge >= 0.3 is 12.0 Å². The SMILES string of the molecule is CCOC(=O)[C@H](C)NC(=O)[C@H](CC(C)C)NC(=O)[C@H](CO)NC(=O)Nc1ccccc1. The van der Waals surface area contributed by atoms with Crippen molar-refractivity contribution in [1.29, 1.82) is 0 Å². The summed E-state index contributed by atoms with van der Waals surface area (Å²) in [6, 6.07) is 4.80. The van der Waals surface area contributed by atoms with Crippen LogP contribution in [0.15, 0.2) is 30.3 Å². The molecule has 31 heavy (non-hydrogen) atoms. The van der Waals surface area contributed by atoms with Gasteiger partial charge in [0.2, 0.25) is 11.8 Å². The summed E-state index contributed by atoms with van der Waals surface area (Å²) in [5.74, 6) is -1.82. The molecule has 0 unspecified atom stereocenters. The quantitative estimate of drug-likeness (QED) is 0.324. The number of esters is 1. The highest BCUT2D eigenvalue weighted by atomic mass is 16.5. The highest BCUT2D eigenvalue weighted by Gasteiger charge is 2.29. The molecule has 4 amide bonds. The second-order valence-corrected chi connectivity index (χ2v) is 7.37. The van der Waals surface area contributed by atoms with Gasteiger partial charge in [0.25, 0.3) is 0 Å². The van der Waals surface area contributed by atoms with Crippen molar-refractivity contribution in [3.05, 3.63) is 30.3 Å². The highest BCUT2D eigenvalue weighted by Crippen LogP contribution is 2.07. The zero-order valence-electron chi connectivity index (χ0n) is 18.3. The summed E-state index contributed by atoms with van der Waals surface area (Å²) in [5, 5.41) is 19.5.